The minimum atomic E-state index is -3.71. The van der Waals surface area contributed by atoms with Crippen LogP contribution in [0.25, 0.3) is 0 Å². The molecule has 1 N–H and O–H groups in total. The monoisotopic (exact) mass is 409 g/mol. The average Bonchev–Trinajstić information content (AvgIpc) is 2.84. The number of sulfonamides is 1. The molecule has 114 valence electrons. The highest BCUT2D eigenvalue weighted by Crippen LogP contribution is 2.28. The molecule has 0 radical (unpaired) electrons. The number of hydrogen-bond acceptors (Lipinski definition) is 4. The molecule has 0 amide bonds. The molecule has 1 heterocycles. The summed E-state index contributed by atoms with van der Waals surface area (Å²) in [6.07, 6.45) is 0. The van der Waals surface area contributed by atoms with E-state index in [0.29, 0.717) is 5.56 Å². The highest BCUT2D eigenvalue weighted by molar-refractivity contribution is 9.10. The zero-order valence-corrected chi connectivity index (χ0v) is 15.1. The van der Waals surface area contributed by atoms with E-state index in [1.807, 2.05) is 11.4 Å². The summed E-state index contributed by atoms with van der Waals surface area (Å²) in [4.78, 5) is 0.927. The molecule has 2 rings (SSSR count). The van der Waals surface area contributed by atoms with E-state index in [1.54, 1.807) is 6.07 Å². The lowest BCUT2D eigenvalue weighted by Crippen LogP contribution is -2.26. The second-order valence-electron chi connectivity index (χ2n) is 4.42. The average molecular weight is 411 g/mol. The lowest BCUT2D eigenvalue weighted by atomic mass is 10.2. The molecule has 0 aliphatic rings. The third-order valence-electron chi connectivity index (χ3n) is 2.87. The third-order valence-corrected chi connectivity index (χ3v) is 6.83. The lowest BCUT2D eigenvalue weighted by Gasteiger charge is -2.17. The Labute approximate surface area is 141 Å². The highest BCUT2D eigenvalue weighted by Gasteiger charge is 2.24. The second-order valence-corrected chi connectivity index (χ2v) is 8.75. The van der Waals surface area contributed by atoms with Gasteiger partial charge in [-0.1, -0.05) is 17.7 Å². The maximum atomic E-state index is 12.6. The SMILES string of the molecule is CN(Cc1cc(Br)cs1)S(=O)(=O)c1cc(CO)ccc1Cl. The van der Waals surface area contributed by atoms with E-state index < -0.39 is 10.0 Å². The first-order chi connectivity index (χ1) is 9.84. The molecular formula is C13H13BrClNO3S2. The van der Waals surface area contributed by atoms with Gasteiger partial charge < -0.3 is 5.11 Å². The van der Waals surface area contributed by atoms with Crippen molar-refractivity contribution in [1.29, 1.82) is 0 Å². The van der Waals surface area contributed by atoms with Crippen LogP contribution in [0.2, 0.25) is 5.02 Å². The van der Waals surface area contributed by atoms with Crippen molar-refractivity contribution in [1.82, 2.24) is 4.31 Å². The van der Waals surface area contributed by atoms with Gasteiger partial charge in [0.1, 0.15) is 4.90 Å². The molecule has 0 spiro atoms. The minimum Gasteiger partial charge on any atom is -0.392 e. The minimum absolute atomic E-state index is 0.00818. The summed E-state index contributed by atoms with van der Waals surface area (Å²) in [5.74, 6) is 0. The summed E-state index contributed by atoms with van der Waals surface area (Å²) in [6, 6.07) is 6.36. The summed E-state index contributed by atoms with van der Waals surface area (Å²) in [5, 5.41) is 11.2. The van der Waals surface area contributed by atoms with E-state index in [-0.39, 0.29) is 23.1 Å². The van der Waals surface area contributed by atoms with Crippen LogP contribution in [0.3, 0.4) is 0 Å². The number of benzene rings is 1. The Kier molecular flexibility index (Phi) is 5.45. The first kappa shape index (κ1) is 16.9. The van der Waals surface area contributed by atoms with E-state index in [2.05, 4.69) is 15.9 Å². The highest BCUT2D eigenvalue weighted by atomic mass is 79.9. The molecule has 1 aromatic carbocycles. The molecule has 8 heteroatoms. The van der Waals surface area contributed by atoms with Crippen molar-refractivity contribution in [3.8, 4) is 0 Å². The van der Waals surface area contributed by atoms with Gasteiger partial charge in [-0.05, 0) is 39.7 Å². The van der Waals surface area contributed by atoms with Gasteiger partial charge in [-0.2, -0.15) is 4.31 Å². The zero-order chi connectivity index (χ0) is 15.6. The number of thiophene rings is 1. The molecule has 1 aromatic heterocycles. The number of hydrogen-bond donors (Lipinski definition) is 1. The molecule has 2 aromatic rings. The fourth-order valence-electron chi connectivity index (χ4n) is 1.75. The molecule has 21 heavy (non-hydrogen) atoms. The van der Waals surface area contributed by atoms with Gasteiger partial charge in [-0.15, -0.1) is 11.3 Å². The first-order valence-corrected chi connectivity index (χ1v) is 9.42. The summed E-state index contributed by atoms with van der Waals surface area (Å²) < 4.78 is 27.3. The van der Waals surface area contributed by atoms with Crippen LogP contribution in [0.15, 0.2) is 39.0 Å². The lowest BCUT2D eigenvalue weighted by molar-refractivity contribution is 0.281. The molecular weight excluding hydrogens is 398 g/mol. The Balaban J connectivity index is 2.32. The van der Waals surface area contributed by atoms with Gasteiger partial charge in [0, 0.05) is 28.3 Å². The van der Waals surface area contributed by atoms with Gasteiger partial charge in [-0.3, -0.25) is 0 Å². The first-order valence-electron chi connectivity index (χ1n) is 5.93. The molecule has 0 unspecified atom stereocenters. The maximum absolute atomic E-state index is 12.6. The quantitative estimate of drug-likeness (QED) is 0.821. The van der Waals surface area contributed by atoms with Crippen LogP contribution in [0.4, 0.5) is 0 Å². The predicted molar refractivity (Wildman–Crippen MR) is 88.0 cm³/mol. The summed E-state index contributed by atoms with van der Waals surface area (Å²) >= 11 is 10.8. The fraction of sp³-hybridized carbons (Fsp3) is 0.231. The molecule has 0 aliphatic heterocycles. The number of aliphatic hydroxyl groups is 1. The van der Waals surface area contributed by atoms with E-state index in [0.717, 1.165) is 9.35 Å². The van der Waals surface area contributed by atoms with Crippen molar-refractivity contribution in [3.05, 3.63) is 49.6 Å². The van der Waals surface area contributed by atoms with Crippen molar-refractivity contribution in [2.45, 2.75) is 18.0 Å². The van der Waals surface area contributed by atoms with Crippen LogP contribution in [-0.4, -0.2) is 24.9 Å². The molecule has 0 atom stereocenters. The van der Waals surface area contributed by atoms with Crippen LogP contribution in [0.1, 0.15) is 10.4 Å². The van der Waals surface area contributed by atoms with Gasteiger partial charge in [0.25, 0.3) is 0 Å². The molecule has 0 aliphatic carbocycles. The summed E-state index contributed by atoms with van der Waals surface area (Å²) in [5.41, 5.74) is 0.505. The Morgan fingerprint density at radius 2 is 2.10 bits per heavy atom. The topological polar surface area (TPSA) is 57.6 Å². The van der Waals surface area contributed by atoms with E-state index >= 15 is 0 Å². The third kappa shape index (κ3) is 3.85. The molecule has 0 saturated carbocycles. The number of halogens is 2. The smallest absolute Gasteiger partial charge is 0.244 e. The predicted octanol–water partition coefficient (Wildman–Crippen LogP) is 3.48. The largest absolute Gasteiger partial charge is 0.392 e. The van der Waals surface area contributed by atoms with Crippen molar-refractivity contribution in [2.75, 3.05) is 7.05 Å². The van der Waals surface area contributed by atoms with E-state index in [1.165, 1.54) is 34.8 Å². The number of rotatable bonds is 5. The molecule has 0 bridgehead atoms. The van der Waals surface area contributed by atoms with E-state index in [9.17, 15) is 8.42 Å². The van der Waals surface area contributed by atoms with Gasteiger partial charge in [0.05, 0.1) is 11.6 Å². The normalized spacial score (nSPS) is 12.0. The Morgan fingerprint density at radius 3 is 2.67 bits per heavy atom. The molecule has 0 fully saturated rings. The fourth-order valence-corrected chi connectivity index (χ4v) is 5.01. The zero-order valence-electron chi connectivity index (χ0n) is 11.1. The van der Waals surface area contributed by atoms with Crippen molar-refractivity contribution < 1.29 is 13.5 Å². The van der Waals surface area contributed by atoms with Gasteiger partial charge >= 0.3 is 0 Å². The van der Waals surface area contributed by atoms with Gasteiger partial charge in [0.2, 0.25) is 10.0 Å². The van der Waals surface area contributed by atoms with Gasteiger partial charge in [0.15, 0.2) is 0 Å². The summed E-state index contributed by atoms with van der Waals surface area (Å²) in [7, 11) is -2.20. The Bertz CT molecular complexity index is 746. The van der Waals surface area contributed by atoms with E-state index in [4.69, 9.17) is 16.7 Å². The standard InChI is InChI=1S/C13H13BrClNO3S2/c1-16(6-11-5-10(14)8-20-11)21(18,19)13-4-9(7-17)2-3-12(13)15/h2-5,8,17H,6-7H2,1H3. The van der Waals surface area contributed by atoms with Gasteiger partial charge in [-0.25, -0.2) is 8.42 Å². The number of aliphatic hydroxyl groups excluding tert-OH is 1. The number of nitrogens with zero attached hydrogens (tertiary/aromatic N) is 1. The summed E-state index contributed by atoms with van der Waals surface area (Å²) in [6.45, 7) is 0.0273. The van der Waals surface area contributed by atoms with Crippen LogP contribution in [-0.2, 0) is 23.2 Å². The van der Waals surface area contributed by atoms with Crippen molar-refractivity contribution in [3.63, 3.8) is 0 Å². The Morgan fingerprint density at radius 1 is 1.38 bits per heavy atom. The molecule has 0 saturated heterocycles. The van der Waals surface area contributed by atoms with Crippen LogP contribution in [0, 0.1) is 0 Å². The van der Waals surface area contributed by atoms with Crippen molar-refractivity contribution in [2.24, 2.45) is 0 Å². The molecule has 4 nitrogen and oxygen atoms in total. The maximum Gasteiger partial charge on any atom is 0.244 e. The van der Waals surface area contributed by atoms with Crippen LogP contribution in [0.5, 0.6) is 0 Å². The van der Waals surface area contributed by atoms with Crippen LogP contribution >= 0.6 is 38.9 Å². The second kappa shape index (κ2) is 6.76. The Hall–Kier alpha value is -0.440. The van der Waals surface area contributed by atoms with Crippen LogP contribution < -0.4 is 0 Å². The van der Waals surface area contributed by atoms with Crippen molar-refractivity contribution >= 4 is 48.9 Å².